The molecule has 1 aliphatic rings. The second kappa shape index (κ2) is 8.18. The Balaban J connectivity index is 1.86. The fraction of sp³-hybridized carbons (Fsp3) is 0.611. The molecule has 0 bridgehead atoms. The number of unbranched alkanes of at least 4 members (excludes halogenated alkanes) is 1. The van der Waals surface area contributed by atoms with Gasteiger partial charge in [0.15, 0.2) is 0 Å². The van der Waals surface area contributed by atoms with Gasteiger partial charge in [0.05, 0.1) is 6.42 Å². The van der Waals surface area contributed by atoms with Crippen LogP contribution >= 0.6 is 0 Å². The van der Waals surface area contributed by atoms with Gasteiger partial charge < -0.3 is 10.2 Å². The third-order valence-electron chi connectivity index (χ3n) is 4.45. The standard InChI is InChI=1S/C18H28N2O/c1-3-4-5-15-6-8-16(9-7-15)14-18(21)20(2)17-10-12-19-13-11-17/h6-9,17,19H,3-5,10-14H2,1-2H3. The van der Waals surface area contributed by atoms with Gasteiger partial charge in [-0.05, 0) is 49.9 Å². The van der Waals surface area contributed by atoms with E-state index in [0.717, 1.165) is 37.9 Å². The maximum absolute atomic E-state index is 12.4. The third-order valence-corrected chi connectivity index (χ3v) is 4.45. The van der Waals surface area contributed by atoms with Gasteiger partial charge in [0.25, 0.3) is 0 Å². The van der Waals surface area contributed by atoms with E-state index in [2.05, 4.69) is 36.5 Å². The molecule has 1 aliphatic heterocycles. The van der Waals surface area contributed by atoms with Crippen molar-refractivity contribution >= 4 is 5.91 Å². The Morgan fingerprint density at radius 2 is 1.81 bits per heavy atom. The van der Waals surface area contributed by atoms with E-state index in [9.17, 15) is 4.79 Å². The van der Waals surface area contributed by atoms with Crippen LogP contribution in [-0.2, 0) is 17.6 Å². The van der Waals surface area contributed by atoms with Crippen LogP contribution in [0.15, 0.2) is 24.3 Å². The fourth-order valence-electron chi connectivity index (χ4n) is 2.90. The number of nitrogens with zero attached hydrogens (tertiary/aromatic N) is 1. The van der Waals surface area contributed by atoms with Gasteiger partial charge in [0, 0.05) is 13.1 Å². The Bertz CT molecular complexity index is 435. The summed E-state index contributed by atoms with van der Waals surface area (Å²) in [6, 6.07) is 8.96. The monoisotopic (exact) mass is 288 g/mol. The molecule has 0 aromatic heterocycles. The van der Waals surface area contributed by atoms with Gasteiger partial charge in [-0.1, -0.05) is 37.6 Å². The zero-order valence-electron chi connectivity index (χ0n) is 13.4. The van der Waals surface area contributed by atoms with Gasteiger partial charge >= 0.3 is 0 Å². The van der Waals surface area contributed by atoms with E-state index in [-0.39, 0.29) is 5.91 Å². The van der Waals surface area contributed by atoms with Crippen molar-refractivity contribution in [1.82, 2.24) is 10.2 Å². The zero-order chi connectivity index (χ0) is 15.1. The van der Waals surface area contributed by atoms with Crippen molar-refractivity contribution in [3.63, 3.8) is 0 Å². The van der Waals surface area contributed by atoms with Crippen LogP contribution < -0.4 is 5.32 Å². The van der Waals surface area contributed by atoms with E-state index in [1.54, 1.807) is 0 Å². The number of hydrogen-bond acceptors (Lipinski definition) is 2. The number of amides is 1. The number of nitrogens with one attached hydrogen (secondary N) is 1. The van der Waals surface area contributed by atoms with Crippen LogP contribution in [0.4, 0.5) is 0 Å². The molecule has 116 valence electrons. The van der Waals surface area contributed by atoms with Gasteiger partial charge in [-0.25, -0.2) is 0 Å². The highest BCUT2D eigenvalue weighted by Gasteiger charge is 2.21. The number of rotatable bonds is 6. The normalized spacial score (nSPS) is 15.9. The minimum Gasteiger partial charge on any atom is -0.342 e. The summed E-state index contributed by atoms with van der Waals surface area (Å²) in [6.45, 7) is 4.26. The highest BCUT2D eigenvalue weighted by atomic mass is 16.2. The van der Waals surface area contributed by atoms with E-state index >= 15 is 0 Å². The minimum atomic E-state index is 0.239. The van der Waals surface area contributed by atoms with E-state index in [4.69, 9.17) is 0 Å². The molecule has 0 aliphatic carbocycles. The molecule has 3 heteroatoms. The summed E-state index contributed by atoms with van der Waals surface area (Å²) in [6.07, 6.45) is 6.25. The lowest BCUT2D eigenvalue weighted by Gasteiger charge is -2.31. The number of piperidine rings is 1. The second-order valence-corrected chi connectivity index (χ2v) is 6.08. The molecule has 0 saturated carbocycles. The van der Waals surface area contributed by atoms with Crippen molar-refractivity contribution in [1.29, 1.82) is 0 Å². The second-order valence-electron chi connectivity index (χ2n) is 6.08. The van der Waals surface area contributed by atoms with Crippen molar-refractivity contribution in [3.05, 3.63) is 35.4 Å². The molecule has 1 aromatic rings. The first kappa shape index (κ1) is 16.0. The molecule has 3 nitrogen and oxygen atoms in total. The Morgan fingerprint density at radius 1 is 1.19 bits per heavy atom. The SMILES string of the molecule is CCCCc1ccc(CC(=O)N(C)C2CCNCC2)cc1. The summed E-state index contributed by atoms with van der Waals surface area (Å²) in [5.41, 5.74) is 2.50. The Morgan fingerprint density at radius 3 is 2.43 bits per heavy atom. The predicted octanol–water partition coefficient (Wildman–Crippen LogP) is 2.78. The van der Waals surface area contributed by atoms with Gasteiger partial charge in [0.1, 0.15) is 0 Å². The Labute approximate surface area is 128 Å². The van der Waals surface area contributed by atoms with E-state index in [1.165, 1.54) is 18.4 Å². The molecular formula is C18H28N2O. The average molecular weight is 288 g/mol. The fourth-order valence-corrected chi connectivity index (χ4v) is 2.90. The largest absolute Gasteiger partial charge is 0.342 e. The van der Waals surface area contributed by atoms with Crippen LogP contribution in [0, 0.1) is 0 Å². The maximum Gasteiger partial charge on any atom is 0.226 e. The predicted molar refractivity (Wildman–Crippen MR) is 87.4 cm³/mol. The van der Waals surface area contributed by atoms with Crippen molar-refractivity contribution in [3.8, 4) is 0 Å². The molecule has 21 heavy (non-hydrogen) atoms. The van der Waals surface area contributed by atoms with Crippen LogP contribution in [0.1, 0.15) is 43.7 Å². The third kappa shape index (κ3) is 4.85. The highest BCUT2D eigenvalue weighted by Crippen LogP contribution is 2.13. The Kier molecular flexibility index (Phi) is 6.24. The lowest BCUT2D eigenvalue weighted by Crippen LogP contribution is -2.44. The number of carbonyl (C=O) groups is 1. The Hall–Kier alpha value is -1.35. The molecule has 1 aromatic carbocycles. The summed E-state index contributed by atoms with van der Waals surface area (Å²) < 4.78 is 0. The summed E-state index contributed by atoms with van der Waals surface area (Å²) >= 11 is 0. The van der Waals surface area contributed by atoms with Crippen LogP contribution in [0.2, 0.25) is 0 Å². The first-order valence-electron chi connectivity index (χ1n) is 8.25. The number of benzene rings is 1. The van der Waals surface area contributed by atoms with Crippen LogP contribution in [-0.4, -0.2) is 37.0 Å². The summed E-state index contributed by atoms with van der Waals surface area (Å²) in [5.74, 6) is 0.239. The van der Waals surface area contributed by atoms with Gasteiger partial charge in [-0.15, -0.1) is 0 Å². The molecular weight excluding hydrogens is 260 g/mol. The first-order valence-corrected chi connectivity index (χ1v) is 8.25. The topological polar surface area (TPSA) is 32.3 Å². The van der Waals surface area contributed by atoms with Crippen LogP contribution in [0.5, 0.6) is 0 Å². The summed E-state index contributed by atoms with van der Waals surface area (Å²) in [4.78, 5) is 14.3. The quantitative estimate of drug-likeness (QED) is 0.873. The van der Waals surface area contributed by atoms with E-state index < -0.39 is 0 Å². The molecule has 1 N–H and O–H groups in total. The smallest absolute Gasteiger partial charge is 0.226 e. The molecule has 0 spiro atoms. The van der Waals surface area contributed by atoms with Crippen molar-refractivity contribution in [2.45, 2.75) is 51.5 Å². The van der Waals surface area contributed by atoms with Crippen molar-refractivity contribution in [2.24, 2.45) is 0 Å². The molecule has 1 fully saturated rings. The molecule has 1 heterocycles. The van der Waals surface area contributed by atoms with Gasteiger partial charge in [0.2, 0.25) is 5.91 Å². The lowest BCUT2D eigenvalue weighted by molar-refractivity contribution is -0.131. The average Bonchev–Trinajstić information content (AvgIpc) is 2.54. The zero-order valence-corrected chi connectivity index (χ0v) is 13.4. The number of carbonyl (C=O) groups excluding carboxylic acids is 1. The number of aryl methyl sites for hydroxylation is 1. The maximum atomic E-state index is 12.4. The minimum absolute atomic E-state index is 0.239. The summed E-state index contributed by atoms with van der Waals surface area (Å²) in [7, 11) is 1.95. The molecule has 2 rings (SSSR count). The lowest BCUT2D eigenvalue weighted by atomic mass is 10.0. The molecule has 0 unspecified atom stereocenters. The van der Waals surface area contributed by atoms with Gasteiger partial charge in [-0.2, -0.15) is 0 Å². The van der Waals surface area contributed by atoms with Crippen molar-refractivity contribution < 1.29 is 4.79 Å². The van der Waals surface area contributed by atoms with Crippen LogP contribution in [0.25, 0.3) is 0 Å². The first-order chi connectivity index (χ1) is 10.2. The highest BCUT2D eigenvalue weighted by molar-refractivity contribution is 5.78. The van der Waals surface area contributed by atoms with Gasteiger partial charge in [-0.3, -0.25) is 4.79 Å². The molecule has 0 radical (unpaired) electrons. The van der Waals surface area contributed by atoms with E-state index in [1.807, 2.05) is 11.9 Å². The number of hydrogen-bond donors (Lipinski definition) is 1. The number of likely N-dealkylation sites (N-methyl/N-ethyl adjacent to an activating group) is 1. The molecule has 0 atom stereocenters. The van der Waals surface area contributed by atoms with Crippen LogP contribution in [0.3, 0.4) is 0 Å². The molecule has 1 saturated heterocycles. The summed E-state index contributed by atoms with van der Waals surface area (Å²) in [5, 5.41) is 3.34. The van der Waals surface area contributed by atoms with Crippen molar-refractivity contribution in [2.75, 3.05) is 20.1 Å². The van der Waals surface area contributed by atoms with E-state index in [0.29, 0.717) is 12.5 Å². The molecule has 1 amide bonds.